The number of methoxy groups -OCH3 is 1. The second-order valence-corrected chi connectivity index (χ2v) is 5.66. The van der Waals surface area contributed by atoms with E-state index in [1.165, 1.54) is 24.9 Å². The van der Waals surface area contributed by atoms with Gasteiger partial charge in [-0.1, -0.05) is 25.1 Å². The number of fused-ring (bicyclic) bond motifs is 1. The molecule has 7 heteroatoms. The molecule has 1 N–H and O–H groups in total. The largest absolute Gasteiger partial charge is 0.465 e. The van der Waals surface area contributed by atoms with Crippen molar-refractivity contribution in [2.24, 2.45) is 0 Å². The lowest BCUT2D eigenvalue weighted by molar-refractivity contribution is 0.0602. The summed E-state index contributed by atoms with van der Waals surface area (Å²) in [6, 6.07) is 1.54. The molecule has 6 nitrogen and oxygen atoms in total. The number of H-pyrrole nitrogens is 1. The summed E-state index contributed by atoms with van der Waals surface area (Å²) in [6.07, 6.45) is 2.12. The third-order valence-corrected chi connectivity index (χ3v) is 3.88. The van der Waals surface area contributed by atoms with Crippen LogP contribution in [-0.2, 0) is 4.74 Å². The normalized spacial score (nSPS) is 10.8. The lowest BCUT2D eigenvalue weighted by Gasteiger charge is -2.06. The average molecular weight is 307 g/mol. The molecule has 0 unspecified atom stereocenters. The summed E-state index contributed by atoms with van der Waals surface area (Å²) in [5, 5.41) is 0.696. The van der Waals surface area contributed by atoms with Gasteiger partial charge in [0.05, 0.1) is 18.1 Å². The maximum absolute atomic E-state index is 12.2. The van der Waals surface area contributed by atoms with Crippen LogP contribution in [0.3, 0.4) is 0 Å². The molecule has 0 radical (unpaired) electrons. The third-order valence-electron chi connectivity index (χ3n) is 2.93. The quantitative estimate of drug-likeness (QED) is 0.395. The minimum atomic E-state index is -0.566. The number of hydrogen-bond donors (Lipinski definition) is 1. The highest BCUT2D eigenvalue weighted by molar-refractivity contribution is 7.99. The fraction of sp³-hybridized carbons (Fsp3) is 0.429. The number of pyridine rings is 1. The number of nitrogens with zero attached hydrogens (tertiary/aromatic N) is 2. The zero-order valence-electron chi connectivity index (χ0n) is 12.2. The van der Waals surface area contributed by atoms with Gasteiger partial charge in [-0.15, -0.1) is 0 Å². The van der Waals surface area contributed by atoms with Gasteiger partial charge in [0.1, 0.15) is 0 Å². The highest BCUT2D eigenvalue weighted by atomic mass is 32.2. The van der Waals surface area contributed by atoms with Gasteiger partial charge in [-0.3, -0.25) is 4.79 Å². The van der Waals surface area contributed by atoms with Crippen molar-refractivity contribution in [1.29, 1.82) is 0 Å². The first kappa shape index (κ1) is 15.5. The molecule has 0 amide bonds. The van der Waals surface area contributed by atoms with Crippen LogP contribution in [-0.4, -0.2) is 33.8 Å². The van der Waals surface area contributed by atoms with Gasteiger partial charge in [0, 0.05) is 11.4 Å². The Morgan fingerprint density at radius 1 is 1.43 bits per heavy atom. The van der Waals surface area contributed by atoms with Crippen molar-refractivity contribution in [2.45, 2.75) is 31.8 Å². The number of hydrogen-bond acceptors (Lipinski definition) is 6. The standard InChI is InChI=1S/C14H17N3O3S/c1-4-5-6-21-14-16-11-10(12(18)17-14)9(13(19)20-3)7-8(2)15-11/h7H,4-6H2,1-3H3,(H,15,16,17,18). The van der Waals surface area contributed by atoms with E-state index in [9.17, 15) is 9.59 Å². The number of esters is 1. The van der Waals surface area contributed by atoms with Crippen LogP contribution in [0.4, 0.5) is 0 Å². The Bertz CT molecular complexity index is 727. The molecule has 2 rings (SSSR count). The minimum Gasteiger partial charge on any atom is -0.465 e. The molecule has 0 aliphatic carbocycles. The summed E-state index contributed by atoms with van der Waals surface area (Å²) in [4.78, 5) is 35.3. The molecule has 0 fully saturated rings. The number of rotatable bonds is 5. The van der Waals surface area contributed by atoms with Crippen LogP contribution < -0.4 is 5.56 Å². The Morgan fingerprint density at radius 2 is 2.19 bits per heavy atom. The van der Waals surface area contributed by atoms with Gasteiger partial charge in [0.2, 0.25) is 0 Å². The van der Waals surface area contributed by atoms with Crippen molar-refractivity contribution in [3.8, 4) is 0 Å². The lowest BCUT2D eigenvalue weighted by Crippen LogP contribution is -2.16. The van der Waals surface area contributed by atoms with E-state index in [2.05, 4.69) is 21.9 Å². The summed E-state index contributed by atoms with van der Waals surface area (Å²) >= 11 is 1.48. The van der Waals surface area contributed by atoms with E-state index in [0.29, 0.717) is 10.9 Å². The molecule has 0 atom stereocenters. The molecule has 2 aromatic rings. The average Bonchev–Trinajstić information content (AvgIpc) is 2.45. The van der Waals surface area contributed by atoms with Crippen LogP contribution in [0.1, 0.15) is 35.8 Å². The Morgan fingerprint density at radius 3 is 2.86 bits per heavy atom. The zero-order valence-corrected chi connectivity index (χ0v) is 13.0. The molecular formula is C14H17N3O3S. The first-order valence-electron chi connectivity index (χ1n) is 6.69. The third kappa shape index (κ3) is 3.41. The van der Waals surface area contributed by atoms with Gasteiger partial charge in [0.25, 0.3) is 5.56 Å². The Hall–Kier alpha value is -1.89. The van der Waals surface area contributed by atoms with Crippen LogP contribution in [0.25, 0.3) is 11.0 Å². The Kier molecular flexibility index (Phi) is 4.95. The van der Waals surface area contributed by atoms with Crippen LogP contribution >= 0.6 is 11.8 Å². The van der Waals surface area contributed by atoms with E-state index in [1.54, 1.807) is 6.92 Å². The van der Waals surface area contributed by atoms with Crippen LogP contribution in [0.5, 0.6) is 0 Å². The van der Waals surface area contributed by atoms with Gasteiger partial charge in [-0.05, 0) is 19.4 Å². The molecule has 112 valence electrons. The number of carbonyl (C=O) groups excluding carboxylic acids is 1. The maximum atomic E-state index is 12.2. The van der Waals surface area contributed by atoms with Gasteiger partial charge < -0.3 is 9.72 Å². The number of aromatic amines is 1. The van der Waals surface area contributed by atoms with E-state index in [1.807, 2.05) is 0 Å². The molecule has 2 heterocycles. The first-order chi connectivity index (χ1) is 10.1. The van der Waals surface area contributed by atoms with Gasteiger partial charge in [-0.2, -0.15) is 0 Å². The number of ether oxygens (including phenoxy) is 1. The maximum Gasteiger partial charge on any atom is 0.338 e. The lowest BCUT2D eigenvalue weighted by atomic mass is 10.1. The molecule has 21 heavy (non-hydrogen) atoms. The summed E-state index contributed by atoms with van der Waals surface area (Å²) in [6.45, 7) is 3.85. The van der Waals surface area contributed by atoms with Crippen molar-refractivity contribution < 1.29 is 9.53 Å². The van der Waals surface area contributed by atoms with Crippen LogP contribution in [0.15, 0.2) is 16.0 Å². The zero-order chi connectivity index (χ0) is 15.4. The van der Waals surface area contributed by atoms with Gasteiger partial charge in [-0.25, -0.2) is 14.8 Å². The number of aromatic nitrogens is 3. The SMILES string of the molecule is CCCCSc1nc2nc(C)cc(C(=O)OC)c2c(=O)[nH]1. The van der Waals surface area contributed by atoms with E-state index >= 15 is 0 Å². The molecule has 0 saturated carbocycles. The number of nitrogens with one attached hydrogen (secondary N) is 1. The van der Waals surface area contributed by atoms with Crippen molar-refractivity contribution in [1.82, 2.24) is 15.0 Å². The second-order valence-electron chi connectivity index (χ2n) is 4.57. The predicted molar refractivity (Wildman–Crippen MR) is 81.9 cm³/mol. The number of carbonyl (C=O) groups is 1. The van der Waals surface area contributed by atoms with Gasteiger partial charge in [0.15, 0.2) is 10.8 Å². The topological polar surface area (TPSA) is 84.9 Å². The van der Waals surface area contributed by atoms with Crippen molar-refractivity contribution >= 4 is 28.8 Å². The fourth-order valence-electron chi connectivity index (χ4n) is 1.90. The summed E-state index contributed by atoms with van der Waals surface area (Å²) in [7, 11) is 1.28. The Labute approximate surface area is 126 Å². The molecule has 0 aliphatic rings. The number of unbranched alkanes of at least 4 members (excludes halogenated alkanes) is 1. The fourth-order valence-corrected chi connectivity index (χ4v) is 2.84. The Balaban J connectivity index is 2.54. The molecule has 0 saturated heterocycles. The highest BCUT2D eigenvalue weighted by Crippen LogP contribution is 2.18. The molecule has 0 aromatic carbocycles. The number of aryl methyl sites for hydroxylation is 1. The van der Waals surface area contributed by atoms with Gasteiger partial charge >= 0.3 is 5.97 Å². The summed E-state index contributed by atoms with van der Waals surface area (Å²) in [5.74, 6) is 0.310. The predicted octanol–water partition coefficient (Wildman–Crippen LogP) is 2.31. The van der Waals surface area contributed by atoms with Crippen LogP contribution in [0, 0.1) is 6.92 Å². The van der Waals surface area contributed by atoms with Crippen molar-refractivity contribution in [3.63, 3.8) is 0 Å². The molecule has 2 aromatic heterocycles. The van der Waals surface area contributed by atoms with E-state index in [-0.39, 0.29) is 22.2 Å². The molecule has 0 aliphatic heterocycles. The van der Waals surface area contributed by atoms with Crippen molar-refractivity contribution in [2.75, 3.05) is 12.9 Å². The highest BCUT2D eigenvalue weighted by Gasteiger charge is 2.17. The van der Waals surface area contributed by atoms with Crippen molar-refractivity contribution in [3.05, 3.63) is 27.7 Å². The van der Waals surface area contributed by atoms with E-state index in [0.717, 1.165) is 18.6 Å². The monoisotopic (exact) mass is 307 g/mol. The minimum absolute atomic E-state index is 0.173. The summed E-state index contributed by atoms with van der Waals surface area (Å²) in [5.41, 5.74) is 0.717. The molecule has 0 spiro atoms. The molecule has 0 bridgehead atoms. The van der Waals surface area contributed by atoms with E-state index < -0.39 is 5.97 Å². The molecular weight excluding hydrogens is 290 g/mol. The number of thioether (sulfide) groups is 1. The summed E-state index contributed by atoms with van der Waals surface area (Å²) < 4.78 is 4.71. The first-order valence-corrected chi connectivity index (χ1v) is 7.68. The smallest absolute Gasteiger partial charge is 0.338 e. The van der Waals surface area contributed by atoms with E-state index in [4.69, 9.17) is 4.74 Å². The van der Waals surface area contributed by atoms with Crippen LogP contribution in [0.2, 0.25) is 0 Å². The second kappa shape index (κ2) is 6.71.